The number of halogens is 1. The number of nitrogens with one attached hydrogen (secondary N) is 1. The SMILES string of the molecule is CC(C)CN(CC1CCNCC1)c1cccc(O)c1.Cl. The molecule has 1 aromatic carbocycles. The molecule has 0 radical (unpaired) electrons. The first-order valence-electron chi connectivity index (χ1n) is 7.40. The lowest BCUT2D eigenvalue weighted by molar-refractivity contribution is 0.369. The molecule has 20 heavy (non-hydrogen) atoms. The minimum Gasteiger partial charge on any atom is -0.508 e. The van der Waals surface area contributed by atoms with Gasteiger partial charge in [0.25, 0.3) is 0 Å². The van der Waals surface area contributed by atoms with Crippen molar-refractivity contribution >= 4 is 18.1 Å². The van der Waals surface area contributed by atoms with Crippen molar-refractivity contribution in [1.82, 2.24) is 5.32 Å². The molecule has 2 N–H and O–H groups in total. The van der Waals surface area contributed by atoms with Gasteiger partial charge in [0, 0.05) is 24.8 Å². The molecule has 1 aliphatic rings. The maximum absolute atomic E-state index is 9.67. The van der Waals surface area contributed by atoms with E-state index in [0.29, 0.717) is 11.7 Å². The molecule has 0 aromatic heterocycles. The maximum atomic E-state index is 9.67. The largest absolute Gasteiger partial charge is 0.508 e. The average molecular weight is 299 g/mol. The smallest absolute Gasteiger partial charge is 0.117 e. The third-order valence-electron chi connectivity index (χ3n) is 3.72. The van der Waals surface area contributed by atoms with Crippen LogP contribution in [0.3, 0.4) is 0 Å². The van der Waals surface area contributed by atoms with E-state index in [1.165, 1.54) is 12.8 Å². The second-order valence-electron chi connectivity index (χ2n) is 6.01. The molecule has 0 aliphatic carbocycles. The molecular formula is C16H27ClN2O. The van der Waals surface area contributed by atoms with E-state index in [9.17, 15) is 5.11 Å². The van der Waals surface area contributed by atoms with E-state index in [-0.39, 0.29) is 12.4 Å². The summed E-state index contributed by atoms with van der Waals surface area (Å²) in [5.41, 5.74) is 1.15. The van der Waals surface area contributed by atoms with Gasteiger partial charge in [-0.05, 0) is 49.9 Å². The van der Waals surface area contributed by atoms with Crippen molar-refractivity contribution in [1.29, 1.82) is 0 Å². The Balaban J connectivity index is 0.00000200. The molecule has 0 atom stereocenters. The highest BCUT2D eigenvalue weighted by Crippen LogP contribution is 2.24. The molecule has 1 fully saturated rings. The van der Waals surface area contributed by atoms with Crippen molar-refractivity contribution < 1.29 is 5.11 Å². The highest BCUT2D eigenvalue weighted by molar-refractivity contribution is 5.85. The van der Waals surface area contributed by atoms with Crippen molar-refractivity contribution in [3.63, 3.8) is 0 Å². The Morgan fingerprint density at radius 2 is 2.00 bits per heavy atom. The van der Waals surface area contributed by atoms with E-state index in [1.807, 2.05) is 12.1 Å². The minimum absolute atomic E-state index is 0. The van der Waals surface area contributed by atoms with Crippen LogP contribution in [0.25, 0.3) is 0 Å². The molecule has 0 bridgehead atoms. The van der Waals surface area contributed by atoms with Crippen molar-refractivity contribution in [3.05, 3.63) is 24.3 Å². The molecule has 0 amide bonds. The van der Waals surface area contributed by atoms with E-state index in [2.05, 4.69) is 30.1 Å². The fourth-order valence-corrected chi connectivity index (χ4v) is 2.79. The van der Waals surface area contributed by atoms with Crippen LogP contribution >= 0.6 is 12.4 Å². The van der Waals surface area contributed by atoms with Gasteiger partial charge in [-0.15, -0.1) is 12.4 Å². The van der Waals surface area contributed by atoms with Crippen LogP contribution in [-0.4, -0.2) is 31.3 Å². The van der Waals surface area contributed by atoms with Gasteiger partial charge in [0.2, 0.25) is 0 Å². The van der Waals surface area contributed by atoms with Gasteiger partial charge in [-0.3, -0.25) is 0 Å². The lowest BCUT2D eigenvalue weighted by Gasteiger charge is -2.33. The van der Waals surface area contributed by atoms with Crippen molar-refractivity contribution in [2.45, 2.75) is 26.7 Å². The van der Waals surface area contributed by atoms with Crippen molar-refractivity contribution in [2.24, 2.45) is 11.8 Å². The molecule has 3 nitrogen and oxygen atoms in total. The molecule has 2 rings (SSSR count). The van der Waals surface area contributed by atoms with E-state index < -0.39 is 0 Å². The van der Waals surface area contributed by atoms with Crippen molar-refractivity contribution in [3.8, 4) is 5.75 Å². The Labute approximate surface area is 128 Å². The van der Waals surface area contributed by atoms with Gasteiger partial charge >= 0.3 is 0 Å². The Morgan fingerprint density at radius 3 is 2.60 bits per heavy atom. The number of hydrogen-bond donors (Lipinski definition) is 2. The molecule has 0 saturated carbocycles. The molecule has 1 aromatic rings. The normalized spacial score (nSPS) is 15.9. The minimum atomic E-state index is 0. The fraction of sp³-hybridized carbons (Fsp3) is 0.625. The summed E-state index contributed by atoms with van der Waals surface area (Å²) in [6, 6.07) is 7.65. The summed E-state index contributed by atoms with van der Waals surface area (Å²) in [5.74, 6) is 1.75. The molecule has 1 aliphatic heterocycles. The monoisotopic (exact) mass is 298 g/mol. The van der Waals surface area contributed by atoms with Crippen LogP contribution in [0, 0.1) is 11.8 Å². The van der Waals surface area contributed by atoms with Gasteiger partial charge in [0.05, 0.1) is 0 Å². The Morgan fingerprint density at radius 1 is 1.30 bits per heavy atom. The standard InChI is InChI=1S/C16H26N2O.ClH/c1-13(2)11-18(12-14-6-8-17-9-7-14)15-4-3-5-16(19)10-15;/h3-5,10,13-14,17,19H,6-9,11-12H2,1-2H3;1H. The summed E-state index contributed by atoms with van der Waals surface area (Å²) >= 11 is 0. The maximum Gasteiger partial charge on any atom is 0.117 e. The van der Waals surface area contributed by atoms with Gasteiger partial charge < -0.3 is 15.3 Å². The number of anilines is 1. The Bertz CT molecular complexity index is 392. The van der Waals surface area contributed by atoms with Crippen LogP contribution in [0.2, 0.25) is 0 Å². The molecule has 114 valence electrons. The van der Waals surface area contributed by atoms with Gasteiger partial charge in [0.15, 0.2) is 0 Å². The quantitative estimate of drug-likeness (QED) is 0.876. The highest BCUT2D eigenvalue weighted by atomic mass is 35.5. The summed E-state index contributed by atoms with van der Waals surface area (Å²) in [4.78, 5) is 2.43. The van der Waals surface area contributed by atoms with Crippen LogP contribution in [-0.2, 0) is 0 Å². The van der Waals surface area contributed by atoms with Crippen LogP contribution in [0.4, 0.5) is 5.69 Å². The Kier molecular flexibility index (Phi) is 7.17. The molecule has 1 saturated heterocycles. The lowest BCUT2D eigenvalue weighted by atomic mass is 9.97. The summed E-state index contributed by atoms with van der Waals surface area (Å²) < 4.78 is 0. The molecule has 0 spiro atoms. The highest BCUT2D eigenvalue weighted by Gasteiger charge is 2.18. The number of benzene rings is 1. The number of piperidine rings is 1. The first kappa shape index (κ1) is 17.1. The summed E-state index contributed by atoms with van der Waals surface area (Å²) in [5, 5.41) is 13.1. The third kappa shape index (κ3) is 5.22. The van der Waals surface area contributed by atoms with Crippen LogP contribution in [0.1, 0.15) is 26.7 Å². The fourth-order valence-electron chi connectivity index (χ4n) is 2.79. The average Bonchev–Trinajstić information content (AvgIpc) is 2.39. The topological polar surface area (TPSA) is 35.5 Å². The summed E-state index contributed by atoms with van der Waals surface area (Å²) in [6.07, 6.45) is 2.51. The second-order valence-corrected chi connectivity index (χ2v) is 6.01. The number of phenolic OH excluding ortho intramolecular Hbond substituents is 1. The number of aromatic hydroxyl groups is 1. The van der Waals surface area contributed by atoms with Gasteiger partial charge in [-0.2, -0.15) is 0 Å². The zero-order valence-corrected chi connectivity index (χ0v) is 13.3. The molecule has 0 unspecified atom stereocenters. The van der Waals surface area contributed by atoms with E-state index in [1.54, 1.807) is 6.07 Å². The number of rotatable bonds is 5. The summed E-state index contributed by atoms with van der Waals surface area (Å²) in [7, 11) is 0. The van der Waals surface area contributed by atoms with E-state index >= 15 is 0 Å². The van der Waals surface area contributed by atoms with Crippen molar-refractivity contribution in [2.75, 3.05) is 31.1 Å². The van der Waals surface area contributed by atoms with Crippen LogP contribution in [0.5, 0.6) is 5.75 Å². The molecule has 4 heteroatoms. The van der Waals surface area contributed by atoms with Crippen LogP contribution in [0.15, 0.2) is 24.3 Å². The zero-order chi connectivity index (χ0) is 13.7. The van der Waals surface area contributed by atoms with Gasteiger partial charge in [-0.25, -0.2) is 0 Å². The first-order chi connectivity index (χ1) is 9.15. The summed E-state index contributed by atoms with van der Waals surface area (Å²) in [6.45, 7) is 8.92. The van der Waals surface area contributed by atoms with Gasteiger partial charge in [0.1, 0.15) is 5.75 Å². The predicted molar refractivity (Wildman–Crippen MR) is 88.0 cm³/mol. The lowest BCUT2D eigenvalue weighted by Crippen LogP contribution is -2.37. The Hall–Kier alpha value is -0.930. The molecular weight excluding hydrogens is 272 g/mol. The molecule has 1 heterocycles. The van der Waals surface area contributed by atoms with Gasteiger partial charge in [-0.1, -0.05) is 19.9 Å². The predicted octanol–water partition coefficient (Wildman–Crippen LogP) is 3.28. The van der Waals surface area contributed by atoms with E-state index in [4.69, 9.17) is 0 Å². The number of phenols is 1. The first-order valence-corrected chi connectivity index (χ1v) is 7.40. The third-order valence-corrected chi connectivity index (χ3v) is 3.72. The number of hydrogen-bond acceptors (Lipinski definition) is 3. The van der Waals surface area contributed by atoms with Crippen LogP contribution < -0.4 is 10.2 Å². The second kappa shape index (κ2) is 8.38. The zero-order valence-electron chi connectivity index (χ0n) is 12.5. The van der Waals surface area contributed by atoms with E-state index in [0.717, 1.165) is 37.8 Å². The number of nitrogens with zero attached hydrogens (tertiary/aromatic N) is 1.